The van der Waals surface area contributed by atoms with Gasteiger partial charge in [-0.1, -0.05) is 13.8 Å². The minimum absolute atomic E-state index is 0.0117. The van der Waals surface area contributed by atoms with Gasteiger partial charge in [0.25, 0.3) is 0 Å². The molecule has 0 amide bonds. The standard InChI is InChI=1S/C11H23NO4/c1-4-16-11(14)8-15-6-5-12-7-10(13)9(2)3/h9-10,12-13H,4-8H2,1-3H3. The number of ether oxygens (including phenoxy) is 2. The molecule has 1 unspecified atom stereocenters. The van der Waals surface area contributed by atoms with Gasteiger partial charge in [0.05, 0.1) is 19.3 Å². The fourth-order valence-electron chi connectivity index (χ4n) is 0.988. The first-order valence-electron chi connectivity index (χ1n) is 5.70. The molecule has 0 aliphatic carbocycles. The van der Waals surface area contributed by atoms with Crippen LogP contribution in [0.4, 0.5) is 0 Å². The van der Waals surface area contributed by atoms with Crippen LogP contribution in [0, 0.1) is 5.92 Å². The molecular weight excluding hydrogens is 210 g/mol. The summed E-state index contributed by atoms with van der Waals surface area (Å²) in [5.74, 6) is -0.0994. The van der Waals surface area contributed by atoms with E-state index in [9.17, 15) is 9.90 Å². The highest BCUT2D eigenvalue weighted by Gasteiger charge is 2.07. The maximum absolute atomic E-state index is 10.9. The zero-order valence-electron chi connectivity index (χ0n) is 10.4. The Hall–Kier alpha value is -0.650. The van der Waals surface area contributed by atoms with Crippen LogP contribution in [0.3, 0.4) is 0 Å². The van der Waals surface area contributed by atoms with Crippen LogP contribution in [-0.4, -0.2) is 50.1 Å². The van der Waals surface area contributed by atoms with E-state index < -0.39 is 0 Å². The minimum atomic E-state index is -0.343. The van der Waals surface area contributed by atoms with Gasteiger partial charge >= 0.3 is 5.97 Å². The van der Waals surface area contributed by atoms with E-state index in [-0.39, 0.29) is 24.6 Å². The summed E-state index contributed by atoms with van der Waals surface area (Å²) in [6.45, 7) is 7.64. The monoisotopic (exact) mass is 233 g/mol. The quantitative estimate of drug-likeness (QED) is 0.439. The summed E-state index contributed by atoms with van der Waals surface area (Å²) in [6.07, 6.45) is -0.343. The molecule has 0 radical (unpaired) electrons. The summed E-state index contributed by atoms with van der Waals surface area (Å²) >= 11 is 0. The molecule has 0 fully saturated rings. The van der Waals surface area contributed by atoms with Crippen LogP contribution in [0.15, 0.2) is 0 Å². The Kier molecular flexibility index (Phi) is 9.18. The van der Waals surface area contributed by atoms with Crippen molar-refractivity contribution in [1.29, 1.82) is 0 Å². The van der Waals surface area contributed by atoms with Crippen LogP contribution in [0.25, 0.3) is 0 Å². The smallest absolute Gasteiger partial charge is 0.332 e. The van der Waals surface area contributed by atoms with Crippen LogP contribution in [0.5, 0.6) is 0 Å². The molecule has 0 aliphatic heterocycles. The molecule has 0 saturated heterocycles. The highest BCUT2D eigenvalue weighted by Crippen LogP contribution is 1.98. The lowest BCUT2D eigenvalue weighted by molar-refractivity contribution is -0.148. The van der Waals surface area contributed by atoms with Gasteiger partial charge < -0.3 is 19.9 Å². The lowest BCUT2D eigenvalue weighted by atomic mass is 10.1. The largest absolute Gasteiger partial charge is 0.464 e. The van der Waals surface area contributed by atoms with E-state index in [1.54, 1.807) is 6.92 Å². The Balaban J connectivity index is 3.24. The SMILES string of the molecule is CCOC(=O)COCCNCC(O)C(C)C. The third kappa shape index (κ3) is 8.64. The first kappa shape index (κ1) is 15.3. The van der Waals surface area contributed by atoms with Crippen molar-refractivity contribution in [3.63, 3.8) is 0 Å². The van der Waals surface area contributed by atoms with Gasteiger partial charge in [-0.15, -0.1) is 0 Å². The molecule has 0 aromatic heterocycles. The summed E-state index contributed by atoms with van der Waals surface area (Å²) in [5.41, 5.74) is 0. The van der Waals surface area contributed by atoms with Crippen molar-refractivity contribution in [2.45, 2.75) is 26.9 Å². The maximum Gasteiger partial charge on any atom is 0.332 e. The van der Waals surface area contributed by atoms with Crippen LogP contribution >= 0.6 is 0 Å². The molecule has 0 aromatic rings. The average molecular weight is 233 g/mol. The van der Waals surface area contributed by atoms with Gasteiger partial charge in [-0.3, -0.25) is 0 Å². The van der Waals surface area contributed by atoms with Crippen molar-refractivity contribution in [3.05, 3.63) is 0 Å². The van der Waals surface area contributed by atoms with E-state index in [0.29, 0.717) is 26.3 Å². The Morgan fingerprint density at radius 1 is 1.44 bits per heavy atom. The summed E-state index contributed by atoms with van der Waals surface area (Å²) in [7, 11) is 0. The van der Waals surface area contributed by atoms with Crippen molar-refractivity contribution >= 4 is 5.97 Å². The minimum Gasteiger partial charge on any atom is -0.464 e. The number of aliphatic hydroxyl groups is 1. The summed E-state index contributed by atoms with van der Waals surface area (Å²) in [5, 5.41) is 12.5. The van der Waals surface area contributed by atoms with E-state index in [1.165, 1.54) is 0 Å². The fraction of sp³-hybridized carbons (Fsp3) is 0.909. The number of carbonyl (C=O) groups is 1. The highest BCUT2D eigenvalue weighted by molar-refractivity contribution is 5.70. The molecular formula is C11H23NO4. The Bertz CT molecular complexity index is 185. The number of rotatable bonds is 9. The topological polar surface area (TPSA) is 67.8 Å². The lowest BCUT2D eigenvalue weighted by Crippen LogP contribution is -2.32. The molecule has 0 aromatic carbocycles. The van der Waals surface area contributed by atoms with Gasteiger partial charge in [0, 0.05) is 13.1 Å². The molecule has 0 saturated carbocycles. The van der Waals surface area contributed by atoms with Crippen LogP contribution in [0.2, 0.25) is 0 Å². The summed E-state index contributed by atoms with van der Waals surface area (Å²) in [6, 6.07) is 0. The third-order valence-corrected chi connectivity index (χ3v) is 2.07. The summed E-state index contributed by atoms with van der Waals surface area (Å²) in [4.78, 5) is 10.9. The van der Waals surface area contributed by atoms with Crippen molar-refractivity contribution in [1.82, 2.24) is 5.32 Å². The van der Waals surface area contributed by atoms with Crippen molar-refractivity contribution in [2.75, 3.05) is 32.9 Å². The second kappa shape index (κ2) is 9.57. The van der Waals surface area contributed by atoms with Gasteiger partial charge in [0.1, 0.15) is 6.61 Å². The fourth-order valence-corrected chi connectivity index (χ4v) is 0.988. The van der Waals surface area contributed by atoms with Gasteiger partial charge in [0.15, 0.2) is 0 Å². The second-order valence-corrected chi connectivity index (χ2v) is 3.87. The van der Waals surface area contributed by atoms with Crippen LogP contribution < -0.4 is 5.32 Å². The van der Waals surface area contributed by atoms with Gasteiger partial charge in [-0.25, -0.2) is 4.79 Å². The summed E-state index contributed by atoms with van der Waals surface area (Å²) < 4.78 is 9.77. The molecule has 96 valence electrons. The predicted molar refractivity (Wildman–Crippen MR) is 61.2 cm³/mol. The molecule has 1 atom stereocenters. The van der Waals surface area contributed by atoms with Crippen LogP contribution in [0.1, 0.15) is 20.8 Å². The zero-order valence-corrected chi connectivity index (χ0v) is 10.4. The molecule has 5 heteroatoms. The van der Waals surface area contributed by atoms with Crippen LogP contribution in [-0.2, 0) is 14.3 Å². The Morgan fingerprint density at radius 3 is 2.69 bits per heavy atom. The van der Waals surface area contributed by atoms with E-state index in [0.717, 1.165) is 0 Å². The molecule has 5 nitrogen and oxygen atoms in total. The number of aliphatic hydroxyl groups excluding tert-OH is 1. The number of nitrogens with one attached hydrogen (secondary N) is 1. The molecule has 0 heterocycles. The highest BCUT2D eigenvalue weighted by atomic mass is 16.6. The lowest BCUT2D eigenvalue weighted by Gasteiger charge is -2.14. The van der Waals surface area contributed by atoms with Crippen molar-refractivity contribution in [2.24, 2.45) is 5.92 Å². The van der Waals surface area contributed by atoms with Gasteiger partial charge in [-0.2, -0.15) is 0 Å². The maximum atomic E-state index is 10.9. The van der Waals surface area contributed by atoms with E-state index in [1.807, 2.05) is 13.8 Å². The van der Waals surface area contributed by atoms with E-state index in [2.05, 4.69) is 5.32 Å². The normalized spacial score (nSPS) is 12.8. The van der Waals surface area contributed by atoms with Gasteiger partial charge in [0.2, 0.25) is 0 Å². The van der Waals surface area contributed by atoms with Gasteiger partial charge in [-0.05, 0) is 12.8 Å². The first-order valence-corrected chi connectivity index (χ1v) is 5.70. The molecule has 0 aliphatic rings. The molecule has 0 bridgehead atoms. The molecule has 16 heavy (non-hydrogen) atoms. The second-order valence-electron chi connectivity index (χ2n) is 3.87. The third-order valence-electron chi connectivity index (χ3n) is 2.07. The molecule has 0 rings (SSSR count). The predicted octanol–water partition coefficient (Wildman–Crippen LogP) is 0.173. The number of esters is 1. The number of hydrogen-bond acceptors (Lipinski definition) is 5. The van der Waals surface area contributed by atoms with E-state index >= 15 is 0 Å². The molecule has 2 N–H and O–H groups in total. The van der Waals surface area contributed by atoms with E-state index in [4.69, 9.17) is 9.47 Å². The Morgan fingerprint density at radius 2 is 2.12 bits per heavy atom. The first-order chi connectivity index (χ1) is 7.57. The van der Waals surface area contributed by atoms with Crippen molar-refractivity contribution in [3.8, 4) is 0 Å². The molecule has 0 spiro atoms. The number of hydrogen-bond donors (Lipinski definition) is 2. The zero-order chi connectivity index (χ0) is 12.4. The number of carbonyl (C=O) groups excluding carboxylic acids is 1. The van der Waals surface area contributed by atoms with Crippen molar-refractivity contribution < 1.29 is 19.4 Å². The Labute approximate surface area is 97.1 Å². The average Bonchev–Trinajstić information content (AvgIpc) is 2.23.